The summed E-state index contributed by atoms with van der Waals surface area (Å²) in [5, 5.41) is 0. The molecule has 0 N–H and O–H groups in total. The second-order valence-electron chi connectivity index (χ2n) is 4.64. The minimum absolute atomic E-state index is 0.639. The van der Waals surface area contributed by atoms with E-state index in [9.17, 15) is 0 Å². The van der Waals surface area contributed by atoms with Crippen molar-refractivity contribution in [3.8, 4) is 35.3 Å². The quantitative estimate of drug-likeness (QED) is 0.610. The summed E-state index contributed by atoms with van der Waals surface area (Å²) < 4.78 is 11.8. The first kappa shape index (κ1) is 13.8. The van der Waals surface area contributed by atoms with Gasteiger partial charge in [-0.2, -0.15) is 0 Å². The lowest BCUT2D eigenvalue weighted by Crippen LogP contribution is -1.90. The topological polar surface area (TPSA) is 18.5 Å². The first-order valence-corrected chi connectivity index (χ1v) is 6.91. The van der Waals surface area contributed by atoms with Crippen LogP contribution in [-0.4, -0.2) is 0 Å². The standard InChI is InChI=1S/C20H14O2/c1-2-16-9-8-12-18(15-16)22-20-14-7-6-13-19(20)21-17-10-4-3-5-11-17/h1,3-15H. The molecular weight excluding hydrogens is 272 g/mol. The summed E-state index contributed by atoms with van der Waals surface area (Å²) in [6, 6.07) is 24.5. The van der Waals surface area contributed by atoms with Gasteiger partial charge in [0.05, 0.1) is 0 Å². The first-order chi connectivity index (χ1) is 10.8. The Morgan fingerprint density at radius 1 is 0.636 bits per heavy atom. The molecular formula is C20H14O2. The molecule has 3 aromatic carbocycles. The zero-order chi connectivity index (χ0) is 15.2. The molecule has 3 rings (SSSR count). The predicted molar refractivity (Wildman–Crippen MR) is 87.4 cm³/mol. The Morgan fingerprint density at radius 3 is 1.91 bits per heavy atom. The number of hydrogen-bond donors (Lipinski definition) is 0. The third-order valence-corrected chi connectivity index (χ3v) is 3.05. The Morgan fingerprint density at radius 2 is 1.23 bits per heavy atom. The lowest BCUT2D eigenvalue weighted by molar-refractivity contribution is 0.419. The Bertz CT molecular complexity index is 801. The fraction of sp³-hybridized carbons (Fsp3) is 0. The molecule has 3 aromatic rings. The van der Waals surface area contributed by atoms with Gasteiger partial charge in [-0.1, -0.05) is 42.3 Å². The number of hydrogen-bond acceptors (Lipinski definition) is 2. The van der Waals surface area contributed by atoms with Crippen LogP contribution in [0.2, 0.25) is 0 Å². The molecule has 0 aliphatic carbocycles. The first-order valence-electron chi connectivity index (χ1n) is 6.91. The highest BCUT2D eigenvalue weighted by atomic mass is 16.5. The molecule has 0 bridgehead atoms. The molecule has 0 atom stereocenters. The van der Waals surface area contributed by atoms with Gasteiger partial charge in [-0.15, -0.1) is 6.42 Å². The van der Waals surface area contributed by atoms with Crippen molar-refractivity contribution in [3.05, 3.63) is 84.4 Å². The van der Waals surface area contributed by atoms with E-state index in [-0.39, 0.29) is 0 Å². The third-order valence-electron chi connectivity index (χ3n) is 3.05. The molecule has 0 saturated carbocycles. The molecule has 106 valence electrons. The van der Waals surface area contributed by atoms with Crippen LogP contribution in [0, 0.1) is 12.3 Å². The van der Waals surface area contributed by atoms with E-state index in [0.717, 1.165) is 11.3 Å². The van der Waals surface area contributed by atoms with Crippen LogP contribution in [0.5, 0.6) is 23.0 Å². The van der Waals surface area contributed by atoms with Crippen molar-refractivity contribution in [3.63, 3.8) is 0 Å². The van der Waals surface area contributed by atoms with E-state index in [4.69, 9.17) is 15.9 Å². The minimum Gasteiger partial charge on any atom is -0.453 e. The van der Waals surface area contributed by atoms with E-state index in [2.05, 4.69) is 5.92 Å². The summed E-state index contributed by atoms with van der Waals surface area (Å²) in [7, 11) is 0. The van der Waals surface area contributed by atoms with Crippen LogP contribution >= 0.6 is 0 Å². The molecule has 2 heteroatoms. The van der Waals surface area contributed by atoms with Gasteiger partial charge in [0, 0.05) is 5.56 Å². The molecule has 22 heavy (non-hydrogen) atoms. The molecule has 0 aliphatic heterocycles. The molecule has 0 aromatic heterocycles. The van der Waals surface area contributed by atoms with Gasteiger partial charge in [0.1, 0.15) is 11.5 Å². The van der Waals surface area contributed by atoms with Gasteiger partial charge >= 0.3 is 0 Å². The van der Waals surface area contributed by atoms with Gasteiger partial charge in [0.15, 0.2) is 11.5 Å². The van der Waals surface area contributed by atoms with Gasteiger partial charge in [-0.05, 0) is 42.5 Å². The highest BCUT2D eigenvalue weighted by Crippen LogP contribution is 2.34. The summed E-state index contributed by atoms with van der Waals surface area (Å²) in [4.78, 5) is 0. The molecule has 0 fully saturated rings. The Balaban J connectivity index is 1.86. The predicted octanol–water partition coefficient (Wildman–Crippen LogP) is 5.25. The van der Waals surface area contributed by atoms with Crippen LogP contribution in [0.3, 0.4) is 0 Å². The average molecular weight is 286 g/mol. The zero-order valence-electron chi connectivity index (χ0n) is 11.9. The van der Waals surface area contributed by atoms with E-state index >= 15 is 0 Å². The third kappa shape index (κ3) is 3.28. The summed E-state index contributed by atoms with van der Waals surface area (Å²) in [6.07, 6.45) is 5.41. The largest absolute Gasteiger partial charge is 0.453 e. The number of ether oxygens (including phenoxy) is 2. The lowest BCUT2D eigenvalue weighted by atomic mass is 10.2. The number of rotatable bonds is 4. The zero-order valence-corrected chi connectivity index (χ0v) is 11.9. The van der Waals surface area contributed by atoms with Crippen LogP contribution in [0.25, 0.3) is 0 Å². The molecule has 0 aliphatic rings. The SMILES string of the molecule is C#Cc1cccc(Oc2ccccc2Oc2ccccc2)c1. The van der Waals surface area contributed by atoms with Gasteiger partial charge in [0.2, 0.25) is 0 Å². The lowest BCUT2D eigenvalue weighted by Gasteiger charge is -2.12. The molecule has 0 radical (unpaired) electrons. The van der Waals surface area contributed by atoms with Gasteiger partial charge in [0.25, 0.3) is 0 Å². The van der Waals surface area contributed by atoms with Gasteiger partial charge in [-0.3, -0.25) is 0 Å². The number of benzene rings is 3. The van der Waals surface area contributed by atoms with E-state index < -0.39 is 0 Å². The Kier molecular flexibility index (Phi) is 4.08. The highest BCUT2D eigenvalue weighted by molar-refractivity contribution is 5.46. The monoisotopic (exact) mass is 286 g/mol. The van der Waals surface area contributed by atoms with Crippen LogP contribution in [0.4, 0.5) is 0 Å². The fourth-order valence-electron chi connectivity index (χ4n) is 2.01. The molecule has 0 unspecified atom stereocenters. The maximum atomic E-state index is 5.90. The molecule has 0 spiro atoms. The summed E-state index contributed by atoms with van der Waals surface area (Å²) in [5.41, 5.74) is 0.777. The van der Waals surface area contributed by atoms with Crippen molar-refractivity contribution in [2.24, 2.45) is 0 Å². The number of para-hydroxylation sites is 3. The Hall–Kier alpha value is -3.18. The molecule has 0 saturated heterocycles. The van der Waals surface area contributed by atoms with Crippen molar-refractivity contribution >= 4 is 0 Å². The molecule has 0 amide bonds. The second kappa shape index (κ2) is 6.51. The molecule has 2 nitrogen and oxygen atoms in total. The summed E-state index contributed by atoms with van der Waals surface area (Å²) in [6.45, 7) is 0. The normalized spacial score (nSPS) is 9.77. The van der Waals surface area contributed by atoms with Crippen molar-refractivity contribution in [2.45, 2.75) is 0 Å². The van der Waals surface area contributed by atoms with E-state index in [1.54, 1.807) is 0 Å². The Labute approximate surface area is 130 Å². The smallest absolute Gasteiger partial charge is 0.169 e. The van der Waals surface area contributed by atoms with Crippen molar-refractivity contribution in [1.82, 2.24) is 0 Å². The van der Waals surface area contributed by atoms with Crippen LogP contribution in [0.15, 0.2) is 78.9 Å². The van der Waals surface area contributed by atoms with Crippen molar-refractivity contribution < 1.29 is 9.47 Å². The molecule has 0 heterocycles. The second-order valence-corrected chi connectivity index (χ2v) is 4.64. The van der Waals surface area contributed by atoms with Crippen LogP contribution < -0.4 is 9.47 Å². The highest BCUT2D eigenvalue weighted by Gasteiger charge is 2.07. The van der Waals surface area contributed by atoms with E-state index in [1.807, 2.05) is 78.9 Å². The maximum Gasteiger partial charge on any atom is 0.169 e. The summed E-state index contributed by atoms with van der Waals surface area (Å²) >= 11 is 0. The van der Waals surface area contributed by atoms with E-state index in [0.29, 0.717) is 17.2 Å². The minimum atomic E-state index is 0.639. The van der Waals surface area contributed by atoms with Gasteiger partial charge in [-0.25, -0.2) is 0 Å². The van der Waals surface area contributed by atoms with Crippen molar-refractivity contribution in [1.29, 1.82) is 0 Å². The van der Waals surface area contributed by atoms with Crippen LogP contribution in [-0.2, 0) is 0 Å². The van der Waals surface area contributed by atoms with Gasteiger partial charge < -0.3 is 9.47 Å². The fourth-order valence-corrected chi connectivity index (χ4v) is 2.01. The summed E-state index contributed by atoms with van der Waals surface area (Å²) in [5.74, 6) is 5.33. The van der Waals surface area contributed by atoms with Crippen LogP contribution in [0.1, 0.15) is 5.56 Å². The number of terminal acetylenes is 1. The maximum absolute atomic E-state index is 5.90. The van der Waals surface area contributed by atoms with E-state index in [1.165, 1.54) is 0 Å². The van der Waals surface area contributed by atoms with Crippen molar-refractivity contribution in [2.75, 3.05) is 0 Å². The average Bonchev–Trinajstić information content (AvgIpc) is 2.58.